The van der Waals surface area contributed by atoms with E-state index in [0.717, 1.165) is 32.1 Å². The Labute approximate surface area is 198 Å². The molecular weight excluding hydrogens is 396 g/mol. The molecule has 9 aliphatic carbocycles. The molecule has 0 saturated carbocycles. The fraction of sp³-hybridized carbons (Fsp3) is 0.273. The standard InChI is InChI=1S/C33H32/c1-2-4-7-26-19-30-16-17-31(23-33(30)20-26)32-21-27(22-32)11-10-24-12-14-28(15-13-24)29-9-5-8-25(18-29)6-3-1/h1-4,6-7,10-12,14,17-19,21H,5,8-9,13,15-16,20,22-23H2/b2-1-,6-3-,7-4-,24-10-,27-11+,29-28-. The molecule has 0 aromatic rings. The minimum absolute atomic E-state index is 1.10. The first-order valence-corrected chi connectivity index (χ1v) is 12.6. The van der Waals surface area contributed by atoms with E-state index in [1.807, 2.05) is 0 Å². The van der Waals surface area contributed by atoms with Crippen LogP contribution in [-0.4, -0.2) is 0 Å². The summed E-state index contributed by atoms with van der Waals surface area (Å²) in [6.07, 6.45) is 42.9. The van der Waals surface area contributed by atoms with Crippen LogP contribution in [-0.2, 0) is 0 Å². The van der Waals surface area contributed by atoms with Gasteiger partial charge in [0.25, 0.3) is 0 Å². The predicted octanol–water partition coefficient (Wildman–Crippen LogP) is 8.96. The normalized spacial score (nSPS) is 32.5. The van der Waals surface area contributed by atoms with Crippen LogP contribution in [0.4, 0.5) is 0 Å². The molecule has 0 nitrogen and oxygen atoms in total. The van der Waals surface area contributed by atoms with Gasteiger partial charge >= 0.3 is 0 Å². The van der Waals surface area contributed by atoms with Crippen molar-refractivity contribution in [2.24, 2.45) is 0 Å². The van der Waals surface area contributed by atoms with Gasteiger partial charge in [0.15, 0.2) is 0 Å². The van der Waals surface area contributed by atoms with Gasteiger partial charge in [0.1, 0.15) is 0 Å². The second-order valence-corrected chi connectivity index (χ2v) is 10.0. The minimum atomic E-state index is 1.10. The highest BCUT2D eigenvalue weighted by Crippen LogP contribution is 2.42. The number of hydrogen-bond acceptors (Lipinski definition) is 0. The average Bonchev–Trinajstić information content (AvgIpc) is 3.22. The molecule has 0 spiro atoms. The molecule has 33 heavy (non-hydrogen) atoms. The number of hydrogen-bond donors (Lipinski definition) is 0. The minimum Gasteiger partial charge on any atom is -0.0763 e. The first kappa shape index (κ1) is 20.5. The van der Waals surface area contributed by atoms with Crippen LogP contribution in [0.25, 0.3) is 0 Å². The summed E-state index contributed by atoms with van der Waals surface area (Å²) >= 11 is 0. The molecule has 0 amide bonds. The Morgan fingerprint density at radius 2 is 1.30 bits per heavy atom. The molecule has 164 valence electrons. The first-order chi connectivity index (χ1) is 16.3. The molecule has 0 heterocycles. The lowest BCUT2D eigenvalue weighted by Gasteiger charge is -2.25. The van der Waals surface area contributed by atoms with Crippen LogP contribution in [0.5, 0.6) is 0 Å². The van der Waals surface area contributed by atoms with Gasteiger partial charge < -0.3 is 0 Å². The zero-order valence-corrected chi connectivity index (χ0v) is 19.4. The van der Waals surface area contributed by atoms with Gasteiger partial charge in [-0.05, 0) is 108 Å². The molecule has 0 heteroatoms. The number of rotatable bonds is 0. The summed E-state index contributed by atoms with van der Waals surface area (Å²) in [4.78, 5) is 0. The van der Waals surface area contributed by atoms with Crippen LogP contribution in [0.3, 0.4) is 0 Å². The lowest BCUT2D eigenvalue weighted by molar-refractivity contribution is 0.781. The summed E-state index contributed by atoms with van der Waals surface area (Å²) in [5.74, 6) is 0. The molecule has 9 aliphatic rings. The van der Waals surface area contributed by atoms with E-state index in [4.69, 9.17) is 0 Å². The Balaban J connectivity index is 1.29. The largest absolute Gasteiger partial charge is 0.0763 e. The monoisotopic (exact) mass is 428 g/mol. The highest BCUT2D eigenvalue weighted by atomic mass is 14.3. The molecule has 0 aromatic heterocycles. The summed E-state index contributed by atoms with van der Waals surface area (Å²) in [5, 5.41) is 0. The van der Waals surface area contributed by atoms with Crippen LogP contribution >= 0.6 is 0 Å². The summed E-state index contributed by atoms with van der Waals surface area (Å²) in [6, 6.07) is 0. The van der Waals surface area contributed by atoms with Crippen LogP contribution in [0.1, 0.15) is 57.8 Å². The summed E-state index contributed by atoms with van der Waals surface area (Å²) < 4.78 is 0. The molecule has 0 N–H and O–H groups in total. The topological polar surface area (TPSA) is 0 Å². The summed E-state index contributed by atoms with van der Waals surface area (Å²) in [5.41, 5.74) is 15.2. The Morgan fingerprint density at radius 3 is 2.15 bits per heavy atom. The predicted molar refractivity (Wildman–Crippen MR) is 141 cm³/mol. The molecule has 9 bridgehead atoms. The zero-order chi connectivity index (χ0) is 22.0. The van der Waals surface area contributed by atoms with E-state index in [1.165, 1.54) is 53.5 Å². The lowest BCUT2D eigenvalue weighted by Crippen LogP contribution is -2.06. The van der Waals surface area contributed by atoms with Crippen molar-refractivity contribution in [2.75, 3.05) is 0 Å². The van der Waals surface area contributed by atoms with Crippen molar-refractivity contribution >= 4 is 0 Å². The van der Waals surface area contributed by atoms with Crippen molar-refractivity contribution in [3.8, 4) is 0 Å². The van der Waals surface area contributed by atoms with Gasteiger partial charge in [-0.25, -0.2) is 0 Å². The fourth-order valence-electron chi connectivity index (χ4n) is 5.73. The van der Waals surface area contributed by atoms with Crippen LogP contribution in [0, 0.1) is 0 Å². The van der Waals surface area contributed by atoms with Crippen LogP contribution < -0.4 is 0 Å². The van der Waals surface area contributed by atoms with Crippen molar-refractivity contribution in [3.63, 3.8) is 0 Å². The van der Waals surface area contributed by atoms with E-state index < -0.39 is 0 Å². The third-order valence-corrected chi connectivity index (χ3v) is 7.70. The smallest absolute Gasteiger partial charge is 0.00228 e. The second-order valence-electron chi connectivity index (χ2n) is 10.0. The van der Waals surface area contributed by atoms with E-state index >= 15 is 0 Å². The molecular formula is C33H32. The van der Waals surface area contributed by atoms with Crippen molar-refractivity contribution in [2.45, 2.75) is 57.8 Å². The van der Waals surface area contributed by atoms with Gasteiger partial charge in [0, 0.05) is 0 Å². The van der Waals surface area contributed by atoms with Crippen LogP contribution in [0.2, 0.25) is 0 Å². The molecule has 0 aliphatic heterocycles. The third kappa shape index (κ3) is 4.53. The van der Waals surface area contributed by atoms with Crippen molar-refractivity contribution in [1.29, 1.82) is 0 Å². The van der Waals surface area contributed by atoms with E-state index in [-0.39, 0.29) is 0 Å². The van der Waals surface area contributed by atoms with Crippen molar-refractivity contribution in [1.82, 2.24) is 0 Å². The zero-order valence-electron chi connectivity index (χ0n) is 19.4. The maximum atomic E-state index is 2.47. The SMILES string of the molecule is C1=CC2=C3C=C(\C=C/C=C\C=C/C4=CC5=C(C4)CC(=CC5)C4=C/C(=C\C=C\1CC\2)C4)CCC/3. The number of allylic oxidation sites excluding steroid dienone is 24. The molecule has 0 unspecified atom stereocenters. The van der Waals surface area contributed by atoms with Gasteiger partial charge in [-0.2, -0.15) is 0 Å². The van der Waals surface area contributed by atoms with E-state index in [0.29, 0.717) is 0 Å². The maximum absolute atomic E-state index is 2.47. The molecule has 0 saturated heterocycles. The van der Waals surface area contributed by atoms with Gasteiger partial charge in [-0.1, -0.05) is 90.6 Å². The van der Waals surface area contributed by atoms with Gasteiger partial charge in [0.2, 0.25) is 0 Å². The molecule has 0 radical (unpaired) electrons. The Morgan fingerprint density at radius 1 is 0.485 bits per heavy atom. The molecule has 0 fully saturated rings. The van der Waals surface area contributed by atoms with Crippen LogP contribution in [0.15, 0.2) is 141 Å². The van der Waals surface area contributed by atoms with Gasteiger partial charge in [-0.3, -0.25) is 0 Å². The first-order valence-electron chi connectivity index (χ1n) is 12.6. The van der Waals surface area contributed by atoms with Gasteiger partial charge in [0.05, 0.1) is 0 Å². The van der Waals surface area contributed by atoms with Crippen molar-refractivity contribution in [3.05, 3.63) is 141 Å². The maximum Gasteiger partial charge on any atom is -0.00228 e. The van der Waals surface area contributed by atoms with E-state index in [1.54, 1.807) is 27.9 Å². The fourth-order valence-corrected chi connectivity index (χ4v) is 5.73. The summed E-state index contributed by atoms with van der Waals surface area (Å²) in [6.45, 7) is 0. The molecule has 0 aromatic carbocycles. The Kier molecular flexibility index (Phi) is 5.60. The second kappa shape index (κ2) is 9.02. The lowest BCUT2D eigenvalue weighted by atomic mass is 9.80. The Hall–Kier alpha value is -3.12. The third-order valence-electron chi connectivity index (χ3n) is 7.70. The highest BCUT2D eigenvalue weighted by Gasteiger charge is 2.23. The highest BCUT2D eigenvalue weighted by molar-refractivity contribution is 5.57. The van der Waals surface area contributed by atoms with Crippen molar-refractivity contribution < 1.29 is 0 Å². The van der Waals surface area contributed by atoms with Gasteiger partial charge in [-0.15, -0.1) is 0 Å². The average molecular weight is 429 g/mol. The Bertz CT molecular complexity index is 1240. The summed E-state index contributed by atoms with van der Waals surface area (Å²) in [7, 11) is 0. The van der Waals surface area contributed by atoms with E-state index in [2.05, 4.69) is 85.1 Å². The quantitative estimate of drug-likeness (QED) is 0.361. The molecule has 9 rings (SSSR count). The molecule has 0 atom stereocenters. The van der Waals surface area contributed by atoms with E-state index in [9.17, 15) is 0 Å².